The van der Waals surface area contributed by atoms with Gasteiger partial charge in [-0.15, -0.1) is 0 Å². The number of aryl methyl sites for hydroxylation is 1. The summed E-state index contributed by atoms with van der Waals surface area (Å²) in [7, 11) is 0. The SMILES string of the molecule is Cc1cc2c(C(C)C)ncnc2c(=O)[nH]1. The minimum atomic E-state index is -0.144. The van der Waals surface area contributed by atoms with Gasteiger partial charge in [0.25, 0.3) is 5.56 Å². The summed E-state index contributed by atoms with van der Waals surface area (Å²) in [5, 5.41) is 0.855. The van der Waals surface area contributed by atoms with Crippen molar-refractivity contribution in [3.05, 3.63) is 34.1 Å². The molecular formula is C11H13N3O. The lowest BCUT2D eigenvalue weighted by atomic mass is 10.1. The van der Waals surface area contributed by atoms with E-state index < -0.39 is 0 Å². The Labute approximate surface area is 87.4 Å². The van der Waals surface area contributed by atoms with E-state index in [1.807, 2.05) is 13.0 Å². The van der Waals surface area contributed by atoms with Gasteiger partial charge in [0.05, 0.1) is 5.69 Å². The lowest BCUT2D eigenvalue weighted by Gasteiger charge is -2.07. The van der Waals surface area contributed by atoms with Crippen LogP contribution in [0.3, 0.4) is 0 Å². The molecule has 0 amide bonds. The van der Waals surface area contributed by atoms with E-state index in [2.05, 4.69) is 28.8 Å². The molecule has 0 saturated carbocycles. The van der Waals surface area contributed by atoms with Gasteiger partial charge >= 0.3 is 0 Å². The monoisotopic (exact) mass is 203 g/mol. The maximum atomic E-state index is 11.6. The number of hydrogen-bond donors (Lipinski definition) is 1. The highest BCUT2D eigenvalue weighted by atomic mass is 16.1. The number of hydrogen-bond acceptors (Lipinski definition) is 3. The molecule has 1 N–H and O–H groups in total. The fourth-order valence-corrected chi connectivity index (χ4v) is 1.68. The third-order valence-electron chi connectivity index (χ3n) is 2.35. The van der Waals surface area contributed by atoms with Crippen LogP contribution in [0, 0.1) is 6.92 Å². The molecule has 0 aliphatic rings. The Morgan fingerprint density at radius 1 is 1.33 bits per heavy atom. The fourth-order valence-electron chi connectivity index (χ4n) is 1.68. The van der Waals surface area contributed by atoms with E-state index in [1.165, 1.54) is 6.33 Å². The van der Waals surface area contributed by atoms with Crippen molar-refractivity contribution in [1.82, 2.24) is 15.0 Å². The molecule has 0 atom stereocenters. The van der Waals surface area contributed by atoms with Gasteiger partial charge in [-0.1, -0.05) is 13.8 Å². The number of H-pyrrole nitrogens is 1. The first kappa shape index (κ1) is 9.83. The molecule has 15 heavy (non-hydrogen) atoms. The number of aromatic amines is 1. The van der Waals surface area contributed by atoms with Crippen LogP contribution in [-0.2, 0) is 0 Å². The van der Waals surface area contributed by atoms with Crippen LogP contribution in [0.4, 0.5) is 0 Å². The van der Waals surface area contributed by atoms with Crippen LogP contribution >= 0.6 is 0 Å². The van der Waals surface area contributed by atoms with E-state index in [0.717, 1.165) is 16.8 Å². The van der Waals surface area contributed by atoms with Gasteiger partial charge in [0, 0.05) is 11.1 Å². The highest BCUT2D eigenvalue weighted by Crippen LogP contribution is 2.19. The van der Waals surface area contributed by atoms with Crippen molar-refractivity contribution in [2.45, 2.75) is 26.7 Å². The zero-order valence-corrected chi connectivity index (χ0v) is 9.03. The number of aromatic nitrogens is 3. The molecule has 78 valence electrons. The number of nitrogens with zero attached hydrogens (tertiary/aromatic N) is 2. The average molecular weight is 203 g/mol. The first-order chi connectivity index (χ1) is 7.09. The van der Waals surface area contributed by atoms with Crippen molar-refractivity contribution in [3.8, 4) is 0 Å². The Bertz CT molecular complexity index is 557. The highest BCUT2D eigenvalue weighted by Gasteiger charge is 2.09. The zero-order chi connectivity index (χ0) is 11.0. The summed E-state index contributed by atoms with van der Waals surface area (Å²) in [6, 6.07) is 1.92. The molecule has 4 heteroatoms. The van der Waals surface area contributed by atoms with E-state index in [1.54, 1.807) is 0 Å². The quantitative estimate of drug-likeness (QED) is 0.768. The molecule has 2 aromatic heterocycles. The van der Waals surface area contributed by atoms with Gasteiger partial charge in [-0.2, -0.15) is 0 Å². The van der Waals surface area contributed by atoms with Gasteiger partial charge in [0.1, 0.15) is 11.8 Å². The third kappa shape index (κ3) is 1.63. The Balaban J connectivity index is 2.91. The largest absolute Gasteiger partial charge is 0.325 e. The molecule has 0 aromatic carbocycles. The maximum absolute atomic E-state index is 11.6. The standard InChI is InChI=1S/C11H13N3O/c1-6(2)9-8-4-7(3)14-11(15)10(8)13-5-12-9/h4-6H,1-3H3,(H,14,15). The lowest BCUT2D eigenvalue weighted by molar-refractivity contribution is 0.827. The molecule has 2 rings (SSSR count). The summed E-state index contributed by atoms with van der Waals surface area (Å²) in [6.45, 7) is 5.97. The minimum absolute atomic E-state index is 0.144. The second kappa shape index (κ2) is 3.46. The van der Waals surface area contributed by atoms with Crippen molar-refractivity contribution in [3.63, 3.8) is 0 Å². The van der Waals surface area contributed by atoms with Crippen LogP contribution in [0.2, 0.25) is 0 Å². The summed E-state index contributed by atoms with van der Waals surface area (Å²) in [6.07, 6.45) is 1.45. The predicted molar refractivity (Wildman–Crippen MR) is 59.0 cm³/mol. The number of pyridine rings is 1. The fraction of sp³-hybridized carbons (Fsp3) is 0.364. The van der Waals surface area contributed by atoms with Crippen LogP contribution < -0.4 is 5.56 Å². The molecule has 2 heterocycles. The molecule has 0 aliphatic heterocycles. The molecule has 2 aromatic rings. The van der Waals surface area contributed by atoms with E-state index >= 15 is 0 Å². The topological polar surface area (TPSA) is 58.6 Å². The van der Waals surface area contributed by atoms with Gasteiger partial charge < -0.3 is 4.98 Å². The molecule has 0 bridgehead atoms. The van der Waals surface area contributed by atoms with E-state index in [4.69, 9.17) is 0 Å². The van der Waals surface area contributed by atoms with Gasteiger partial charge in [-0.25, -0.2) is 9.97 Å². The van der Waals surface area contributed by atoms with Gasteiger partial charge in [0.2, 0.25) is 0 Å². The van der Waals surface area contributed by atoms with Gasteiger partial charge in [-0.05, 0) is 18.9 Å². The Hall–Kier alpha value is -1.71. The summed E-state index contributed by atoms with van der Waals surface area (Å²) in [5.41, 5.74) is 2.09. The van der Waals surface area contributed by atoms with Crippen LogP contribution in [-0.4, -0.2) is 15.0 Å². The highest BCUT2D eigenvalue weighted by molar-refractivity contribution is 5.80. The third-order valence-corrected chi connectivity index (χ3v) is 2.35. The van der Waals surface area contributed by atoms with Crippen molar-refractivity contribution in [2.75, 3.05) is 0 Å². The van der Waals surface area contributed by atoms with Crippen molar-refractivity contribution >= 4 is 10.9 Å². The summed E-state index contributed by atoms with van der Waals surface area (Å²) >= 11 is 0. The normalized spacial score (nSPS) is 11.2. The summed E-state index contributed by atoms with van der Waals surface area (Å²) in [5.74, 6) is 0.289. The smallest absolute Gasteiger partial charge is 0.274 e. The maximum Gasteiger partial charge on any atom is 0.274 e. The number of fused-ring (bicyclic) bond motifs is 1. The molecule has 0 spiro atoms. The van der Waals surface area contributed by atoms with E-state index in [-0.39, 0.29) is 11.5 Å². The molecule has 0 saturated heterocycles. The predicted octanol–water partition coefficient (Wildman–Crippen LogP) is 1.75. The van der Waals surface area contributed by atoms with E-state index in [0.29, 0.717) is 5.52 Å². The molecular weight excluding hydrogens is 190 g/mol. The van der Waals surface area contributed by atoms with Crippen LogP contribution in [0.5, 0.6) is 0 Å². The first-order valence-corrected chi connectivity index (χ1v) is 4.94. The summed E-state index contributed by atoms with van der Waals surface area (Å²) in [4.78, 5) is 22.6. The Morgan fingerprint density at radius 2 is 2.07 bits per heavy atom. The molecule has 4 nitrogen and oxygen atoms in total. The minimum Gasteiger partial charge on any atom is -0.325 e. The number of rotatable bonds is 1. The van der Waals surface area contributed by atoms with E-state index in [9.17, 15) is 4.79 Å². The van der Waals surface area contributed by atoms with Crippen LogP contribution in [0.15, 0.2) is 17.2 Å². The Kier molecular flexibility index (Phi) is 2.26. The second-order valence-corrected chi connectivity index (χ2v) is 3.96. The molecule has 0 fully saturated rings. The number of nitrogens with one attached hydrogen (secondary N) is 1. The Morgan fingerprint density at radius 3 is 2.73 bits per heavy atom. The molecule has 0 unspecified atom stereocenters. The zero-order valence-electron chi connectivity index (χ0n) is 9.03. The average Bonchev–Trinajstić information content (AvgIpc) is 2.16. The summed E-state index contributed by atoms with van der Waals surface area (Å²) < 4.78 is 0. The van der Waals surface area contributed by atoms with Crippen molar-refractivity contribution < 1.29 is 0 Å². The second-order valence-electron chi connectivity index (χ2n) is 3.96. The van der Waals surface area contributed by atoms with Crippen molar-refractivity contribution in [1.29, 1.82) is 0 Å². The van der Waals surface area contributed by atoms with Crippen molar-refractivity contribution in [2.24, 2.45) is 0 Å². The van der Waals surface area contributed by atoms with Gasteiger partial charge in [0.15, 0.2) is 0 Å². The van der Waals surface area contributed by atoms with Crippen LogP contribution in [0.25, 0.3) is 10.9 Å². The van der Waals surface area contributed by atoms with Crippen LogP contribution in [0.1, 0.15) is 31.2 Å². The molecule has 0 radical (unpaired) electrons. The lowest BCUT2D eigenvalue weighted by Crippen LogP contribution is -2.11. The van der Waals surface area contributed by atoms with Gasteiger partial charge in [-0.3, -0.25) is 4.79 Å². The molecule has 0 aliphatic carbocycles. The first-order valence-electron chi connectivity index (χ1n) is 4.94.